The Balaban J connectivity index is 1.40. The molecule has 6 nitrogen and oxygen atoms in total. The predicted octanol–water partition coefficient (Wildman–Crippen LogP) is 4.81. The van der Waals surface area contributed by atoms with E-state index in [1.807, 2.05) is 91.0 Å². The Labute approximate surface area is 216 Å². The van der Waals surface area contributed by atoms with Crippen LogP contribution in [0.2, 0.25) is 0 Å². The van der Waals surface area contributed by atoms with Crippen molar-refractivity contribution >= 4 is 38.9 Å². The van der Waals surface area contributed by atoms with Crippen LogP contribution in [-0.4, -0.2) is 19.4 Å². The van der Waals surface area contributed by atoms with Crippen molar-refractivity contribution in [2.75, 3.05) is 5.32 Å². The highest BCUT2D eigenvalue weighted by atomic mass is 32.2. The second-order valence-electron chi connectivity index (χ2n) is 8.03. The Bertz CT molecular complexity index is 1370. The topological polar surface area (TPSA) is 87.3 Å². The van der Waals surface area contributed by atoms with Gasteiger partial charge >= 0.3 is 0 Å². The number of carbonyl (C=O) groups excluding carboxylic acids is 1. The lowest BCUT2D eigenvalue weighted by Crippen LogP contribution is -2.37. The minimum Gasteiger partial charge on any atom is -0.332 e. The van der Waals surface area contributed by atoms with Gasteiger partial charge in [0, 0.05) is 12.2 Å². The molecular formula is C28H25N3O3S2. The Morgan fingerprint density at radius 2 is 1.22 bits per heavy atom. The molecule has 8 heteroatoms. The first-order valence-corrected chi connectivity index (χ1v) is 13.2. The largest absolute Gasteiger partial charge is 0.332 e. The molecular weight excluding hydrogens is 490 g/mol. The minimum atomic E-state index is -3.68. The number of nitrogens with one attached hydrogen (secondary N) is 3. The van der Waals surface area contributed by atoms with Crippen molar-refractivity contribution in [2.24, 2.45) is 0 Å². The average molecular weight is 516 g/mol. The maximum atomic E-state index is 13.2. The number of anilines is 1. The molecule has 0 radical (unpaired) electrons. The third kappa shape index (κ3) is 6.63. The van der Waals surface area contributed by atoms with Crippen molar-refractivity contribution in [1.29, 1.82) is 0 Å². The maximum absolute atomic E-state index is 13.2. The van der Waals surface area contributed by atoms with Gasteiger partial charge in [-0.15, -0.1) is 0 Å². The highest BCUT2D eigenvalue weighted by molar-refractivity contribution is 7.89. The Morgan fingerprint density at radius 3 is 1.75 bits per heavy atom. The van der Waals surface area contributed by atoms with Crippen LogP contribution in [0.25, 0.3) is 0 Å². The number of thiocarbonyl (C=S) groups is 1. The lowest BCUT2D eigenvalue weighted by atomic mass is 9.90. The lowest BCUT2D eigenvalue weighted by Gasteiger charge is -2.18. The minimum absolute atomic E-state index is 0.120. The zero-order valence-electron chi connectivity index (χ0n) is 19.3. The molecule has 0 saturated carbocycles. The molecule has 3 N–H and O–H groups in total. The quantitative estimate of drug-likeness (QED) is 0.293. The highest BCUT2D eigenvalue weighted by Gasteiger charge is 2.23. The molecule has 4 aromatic carbocycles. The van der Waals surface area contributed by atoms with E-state index in [1.165, 1.54) is 12.1 Å². The maximum Gasteiger partial charge on any atom is 0.240 e. The lowest BCUT2D eigenvalue weighted by molar-refractivity contribution is -0.120. The monoisotopic (exact) mass is 515 g/mol. The summed E-state index contributed by atoms with van der Waals surface area (Å²) < 4.78 is 27.8. The molecule has 0 saturated heterocycles. The molecule has 1 amide bonds. The Hall–Kier alpha value is -3.85. The molecule has 182 valence electrons. The third-order valence-electron chi connectivity index (χ3n) is 5.50. The number of amides is 1. The molecule has 0 unspecified atom stereocenters. The zero-order chi connectivity index (χ0) is 25.4. The van der Waals surface area contributed by atoms with Crippen LogP contribution in [0.1, 0.15) is 22.6 Å². The van der Waals surface area contributed by atoms with Gasteiger partial charge in [-0.25, -0.2) is 13.1 Å². The van der Waals surface area contributed by atoms with Crippen molar-refractivity contribution in [3.63, 3.8) is 0 Å². The molecule has 0 heterocycles. The summed E-state index contributed by atoms with van der Waals surface area (Å²) in [6.07, 6.45) is 0. The summed E-state index contributed by atoms with van der Waals surface area (Å²) >= 11 is 5.36. The van der Waals surface area contributed by atoms with Gasteiger partial charge in [0.05, 0.1) is 10.8 Å². The van der Waals surface area contributed by atoms with Crippen molar-refractivity contribution in [2.45, 2.75) is 17.4 Å². The third-order valence-corrected chi connectivity index (χ3v) is 7.12. The average Bonchev–Trinajstić information content (AvgIpc) is 2.90. The van der Waals surface area contributed by atoms with Gasteiger partial charge in [0.15, 0.2) is 5.11 Å². The fourth-order valence-corrected chi connectivity index (χ4v) is 4.94. The van der Waals surface area contributed by atoms with E-state index in [1.54, 1.807) is 12.1 Å². The van der Waals surface area contributed by atoms with Gasteiger partial charge in [-0.05, 0) is 53.2 Å². The van der Waals surface area contributed by atoms with E-state index in [0.717, 1.165) is 16.7 Å². The first-order chi connectivity index (χ1) is 17.4. The van der Waals surface area contributed by atoms with E-state index in [0.29, 0.717) is 5.69 Å². The molecule has 0 fully saturated rings. The van der Waals surface area contributed by atoms with E-state index in [4.69, 9.17) is 12.2 Å². The normalized spacial score (nSPS) is 11.1. The standard InChI is InChI=1S/C28H25N3O3S2/c32-27(26(22-12-6-2-7-13-22)23-14-8-3-9-15-23)31-28(35)30-24-16-18-25(19-17-24)36(33,34)29-20-21-10-4-1-5-11-21/h1-19,26,29H,20H2,(H2,30,31,32,35). The summed E-state index contributed by atoms with van der Waals surface area (Å²) in [6, 6.07) is 34.4. The second kappa shape index (κ2) is 11.7. The van der Waals surface area contributed by atoms with Crippen LogP contribution < -0.4 is 15.4 Å². The van der Waals surface area contributed by atoms with E-state index in [2.05, 4.69) is 15.4 Å². The first-order valence-electron chi connectivity index (χ1n) is 11.3. The summed E-state index contributed by atoms with van der Waals surface area (Å²) in [5.74, 6) is -0.801. The molecule has 0 atom stereocenters. The molecule has 0 aliphatic rings. The summed E-state index contributed by atoms with van der Waals surface area (Å²) in [5.41, 5.74) is 3.12. The number of rotatable bonds is 8. The first kappa shape index (κ1) is 25.2. The Morgan fingerprint density at radius 1 is 0.722 bits per heavy atom. The van der Waals surface area contributed by atoms with Crippen LogP contribution in [-0.2, 0) is 21.4 Å². The predicted molar refractivity (Wildman–Crippen MR) is 146 cm³/mol. The molecule has 0 aliphatic heterocycles. The summed E-state index contributed by atoms with van der Waals surface area (Å²) in [7, 11) is -3.68. The van der Waals surface area contributed by atoms with E-state index < -0.39 is 15.9 Å². The van der Waals surface area contributed by atoms with Gasteiger partial charge in [-0.3, -0.25) is 4.79 Å². The second-order valence-corrected chi connectivity index (χ2v) is 10.2. The van der Waals surface area contributed by atoms with E-state index in [-0.39, 0.29) is 22.5 Å². The van der Waals surface area contributed by atoms with E-state index >= 15 is 0 Å². The number of hydrogen-bond acceptors (Lipinski definition) is 4. The SMILES string of the molecule is O=C(NC(=S)Nc1ccc(S(=O)(=O)NCc2ccccc2)cc1)C(c1ccccc1)c1ccccc1. The molecule has 0 aromatic heterocycles. The molecule has 0 spiro atoms. The van der Waals surface area contributed by atoms with E-state index in [9.17, 15) is 13.2 Å². The van der Waals surface area contributed by atoms with Gasteiger partial charge < -0.3 is 10.6 Å². The van der Waals surface area contributed by atoms with Crippen molar-refractivity contribution in [3.05, 3.63) is 132 Å². The number of sulfonamides is 1. The molecule has 4 rings (SSSR count). The van der Waals surface area contributed by atoms with Crippen LogP contribution in [0.4, 0.5) is 5.69 Å². The van der Waals surface area contributed by atoms with Crippen LogP contribution in [0.3, 0.4) is 0 Å². The summed E-state index contributed by atoms with van der Waals surface area (Å²) in [5, 5.41) is 5.83. The number of hydrogen-bond donors (Lipinski definition) is 3. The van der Waals surface area contributed by atoms with Gasteiger partial charge in [0.1, 0.15) is 0 Å². The van der Waals surface area contributed by atoms with Crippen molar-refractivity contribution in [3.8, 4) is 0 Å². The van der Waals surface area contributed by atoms with Crippen LogP contribution >= 0.6 is 12.2 Å². The smallest absolute Gasteiger partial charge is 0.240 e. The zero-order valence-corrected chi connectivity index (χ0v) is 20.9. The molecule has 4 aromatic rings. The Kier molecular flexibility index (Phi) is 8.22. The fourth-order valence-electron chi connectivity index (χ4n) is 3.71. The molecule has 0 aliphatic carbocycles. The summed E-state index contributed by atoms with van der Waals surface area (Å²) in [6.45, 7) is 0.198. The van der Waals surface area contributed by atoms with Crippen LogP contribution in [0.15, 0.2) is 120 Å². The van der Waals surface area contributed by atoms with Crippen molar-refractivity contribution in [1.82, 2.24) is 10.0 Å². The van der Waals surface area contributed by atoms with Gasteiger partial charge in [-0.1, -0.05) is 91.0 Å². The fraction of sp³-hybridized carbons (Fsp3) is 0.0714. The van der Waals surface area contributed by atoms with Crippen molar-refractivity contribution < 1.29 is 13.2 Å². The number of benzene rings is 4. The van der Waals surface area contributed by atoms with Crippen LogP contribution in [0, 0.1) is 0 Å². The highest BCUT2D eigenvalue weighted by Crippen LogP contribution is 2.25. The summed E-state index contributed by atoms with van der Waals surface area (Å²) in [4.78, 5) is 13.3. The van der Waals surface area contributed by atoms with Gasteiger partial charge in [0.2, 0.25) is 15.9 Å². The molecule has 36 heavy (non-hydrogen) atoms. The number of carbonyl (C=O) groups is 1. The van der Waals surface area contributed by atoms with Gasteiger partial charge in [0.25, 0.3) is 0 Å². The van der Waals surface area contributed by atoms with Gasteiger partial charge in [-0.2, -0.15) is 0 Å². The molecule has 0 bridgehead atoms. The van der Waals surface area contributed by atoms with Crippen LogP contribution in [0.5, 0.6) is 0 Å².